The largest absolute Gasteiger partial charge is 0.383 e. The van der Waals surface area contributed by atoms with Crippen LogP contribution in [0.3, 0.4) is 0 Å². The SMILES string of the molecule is COCCN(CC(=O)N1N=C(c2ccccc2F)C[C@@H]1c1ccc(C)cc1)C(=O)c1cccc(F)c1. The van der Waals surface area contributed by atoms with E-state index in [2.05, 4.69) is 5.10 Å². The van der Waals surface area contributed by atoms with Gasteiger partial charge in [-0.15, -0.1) is 0 Å². The number of hydrogen-bond acceptors (Lipinski definition) is 4. The van der Waals surface area contributed by atoms with E-state index in [9.17, 15) is 18.4 Å². The first-order chi connectivity index (χ1) is 17.4. The van der Waals surface area contributed by atoms with Crippen molar-refractivity contribution >= 4 is 17.5 Å². The maximum absolute atomic E-state index is 14.5. The van der Waals surface area contributed by atoms with Gasteiger partial charge in [0.2, 0.25) is 0 Å². The van der Waals surface area contributed by atoms with Crippen LogP contribution in [0, 0.1) is 18.6 Å². The van der Waals surface area contributed by atoms with Gasteiger partial charge in [0, 0.05) is 31.2 Å². The van der Waals surface area contributed by atoms with Gasteiger partial charge in [-0.25, -0.2) is 13.8 Å². The maximum Gasteiger partial charge on any atom is 0.262 e. The monoisotopic (exact) mass is 491 g/mol. The molecule has 0 saturated heterocycles. The molecule has 8 heteroatoms. The van der Waals surface area contributed by atoms with Crippen molar-refractivity contribution in [3.05, 3.63) is 107 Å². The van der Waals surface area contributed by atoms with Crippen LogP contribution in [0.1, 0.15) is 39.5 Å². The number of benzene rings is 3. The van der Waals surface area contributed by atoms with Gasteiger partial charge in [-0.1, -0.05) is 54.1 Å². The smallest absolute Gasteiger partial charge is 0.262 e. The highest BCUT2D eigenvalue weighted by molar-refractivity contribution is 6.04. The van der Waals surface area contributed by atoms with Crippen molar-refractivity contribution in [1.29, 1.82) is 0 Å². The molecule has 0 N–H and O–H groups in total. The Bertz CT molecular complexity index is 1280. The maximum atomic E-state index is 14.5. The molecule has 0 unspecified atom stereocenters. The number of ether oxygens (including phenoxy) is 1. The van der Waals surface area contributed by atoms with Crippen LogP contribution in [0.25, 0.3) is 0 Å². The molecule has 4 rings (SSSR count). The van der Waals surface area contributed by atoms with Crippen molar-refractivity contribution in [2.24, 2.45) is 5.10 Å². The molecule has 1 aliphatic rings. The zero-order valence-corrected chi connectivity index (χ0v) is 20.2. The van der Waals surface area contributed by atoms with Gasteiger partial charge in [0.15, 0.2) is 0 Å². The Morgan fingerprint density at radius 1 is 1.06 bits per heavy atom. The van der Waals surface area contributed by atoms with E-state index >= 15 is 0 Å². The fraction of sp³-hybridized carbons (Fsp3) is 0.250. The van der Waals surface area contributed by atoms with Crippen molar-refractivity contribution in [3.8, 4) is 0 Å². The van der Waals surface area contributed by atoms with E-state index in [0.717, 1.165) is 17.2 Å². The summed E-state index contributed by atoms with van der Waals surface area (Å²) in [6, 6.07) is 18.9. The van der Waals surface area contributed by atoms with Gasteiger partial charge in [0.05, 0.1) is 18.4 Å². The third-order valence-electron chi connectivity index (χ3n) is 6.06. The van der Waals surface area contributed by atoms with Crippen LogP contribution in [0.2, 0.25) is 0 Å². The van der Waals surface area contributed by atoms with Crippen LogP contribution in [-0.4, -0.2) is 54.2 Å². The Morgan fingerprint density at radius 2 is 1.81 bits per heavy atom. The zero-order chi connectivity index (χ0) is 25.7. The Labute approximate surface area is 208 Å². The first-order valence-corrected chi connectivity index (χ1v) is 11.6. The number of rotatable bonds is 8. The standard InChI is InChI=1S/C28H27F2N3O3/c1-19-10-12-20(13-11-19)26-17-25(23-8-3-4-9-24(23)30)31-33(26)27(34)18-32(14-15-36-2)28(35)21-6-5-7-22(29)16-21/h3-13,16,26H,14-15,17-18H2,1-2H3/t26-/m1/s1. The minimum atomic E-state index is -0.544. The first kappa shape index (κ1) is 25.2. The Morgan fingerprint density at radius 3 is 2.50 bits per heavy atom. The third kappa shape index (κ3) is 5.66. The average Bonchev–Trinajstić information content (AvgIpc) is 3.32. The molecule has 1 atom stereocenters. The van der Waals surface area contributed by atoms with Gasteiger partial charge < -0.3 is 9.64 Å². The van der Waals surface area contributed by atoms with Crippen molar-refractivity contribution in [1.82, 2.24) is 9.91 Å². The summed E-state index contributed by atoms with van der Waals surface area (Å²) in [5.74, 6) is -1.90. The van der Waals surface area contributed by atoms with E-state index in [1.54, 1.807) is 18.2 Å². The van der Waals surface area contributed by atoms with E-state index in [1.807, 2.05) is 31.2 Å². The highest BCUT2D eigenvalue weighted by atomic mass is 19.1. The second kappa shape index (κ2) is 11.2. The predicted octanol–water partition coefficient (Wildman–Crippen LogP) is 4.74. The molecule has 0 aromatic heterocycles. The summed E-state index contributed by atoms with van der Waals surface area (Å²) in [5, 5.41) is 5.83. The highest BCUT2D eigenvalue weighted by Gasteiger charge is 2.35. The zero-order valence-electron chi connectivity index (χ0n) is 20.2. The van der Waals surface area contributed by atoms with Crippen LogP contribution in [0.5, 0.6) is 0 Å². The van der Waals surface area contributed by atoms with Gasteiger partial charge in [-0.05, 0) is 36.8 Å². The van der Waals surface area contributed by atoms with Gasteiger partial charge in [-0.2, -0.15) is 5.10 Å². The summed E-state index contributed by atoms with van der Waals surface area (Å²) in [6.45, 7) is 1.99. The molecule has 0 radical (unpaired) electrons. The summed E-state index contributed by atoms with van der Waals surface area (Å²) in [6.07, 6.45) is 0.325. The van der Waals surface area contributed by atoms with E-state index in [1.165, 1.54) is 41.3 Å². The van der Waals surface area contributed by atoms with E-state index in [0.29, 0.717) is 17.7 Å². The summed E-state index contributed by atoms with van der Waals surface area (Å²) in [4.78, 5) is 28.0. The number of aryl methyl sites for hydroxylation is 1. The lowest BCUT2D eigenvalue weighted by Crippen LogP contribution is -2.42. The molecule has 0 fully saturated rings. The molecule has 6 nitrogen and oxygen atoms in total. The molecular weight excluding hydrogens is 464 g/mol. The fourth-order valence-corrected chi connectivity index (χ4v) is 4.14. The van der Waals surface area contributed by atoms with Crippen molar-refractivity contribution in [2.45, 2.75) is 19.4 Å². The van der Waals surface area contributed by atoms with E-state index < -0.39 is 29.5 Å². The molecule has 0 aliphatic carbocycles. The number of methoxy groups -OCH3 is 1. The van der Waals surface area contributed by atoms with Gasteiger partial charge in [-0.3, -0.25) is 9.59 Å². The van der Waals surface area contributed by atoms with E-state index in [4.69, 9.17) is 4.74 Å². The third-order valence-corrected chi connectivity index (χ3v) is 6.06. The number of halogens is 2. The lowest BCUT2D eigenvalue weighted by molar-refractivity contribution is -0.133. The molecule has 0 bridgehead atoms. The van der Waals surface area contributed by atoms with Crippen LogP contribution in [-0.2, 0) is 9.53 Å². The number of hydrogen-bond donors (Lipinski definition) is 0. The molecule has 0 saturated carbocycles. The first-order valence-electron chi connectivity index (χ1n) is 11.6. The van der Waals surface area contributed by atoms with Gasteiger partial charge in [0.25, 0.3) is 11.8 Å². The van der Waals surface area contributed by atoms with Crippen molar-refractivity contribution in [2.75, 3.05) is 26.8 Å². The number of amides is 2. The lowest BCUT2D eigenvalue weighted by atomic mass is 9.97. The van der Waals surface area contributed by atoms with E-state index in [-0.39, 0.29) is 25.3 Å². The molecule has 1 aliphatic heterocycles. The van der Waals surface area contributed by atoms with Crippen LogP contribution in [0.4, 0.5) is 8.78 Å². The second-order valence-electron chi connectivity index (χ2n) is 8.63. The molecule has 186 valence electrons. The summed E-state index contributed by atoms with van der Waals surface area (Å²) >= 11 is 0. The molecule has 2 amide bonds. The number of carbonyl (C=O) groups is 2. The summed E-state index contributed by atoms with van der Waals surface area (Å²) < 4.78 is 33.4. The average molecular weight is 492 g/mol. The minimum absolute atomic E-state index is 0.129. The topological polar surface area (TPSA) is 62.2 Å². The molecule has 1 heterocycles. The minimum Gasteiger partial charge on any atom is -0.383 e. The molecular formula is C28H27F2N3O3. The number of nitrogens with zero attached hydrogens (tertiary/aromatic N) is 3. The predicted molar refractivity (Wildman–Crippen MR) is 132 cm³/mol. The summed E-state index contributed by atoms with van der Waals surface area (Å²) in [5.41, 5.74) is 2.83. The van der Waals surface area contributed by atoms with Crippen LogP contribution in [0.15, 0.2) is 77.9 Å². The Kier molecular flexibility index (Phi) is 7.85. The molecule has 3 aromatic rings. The Hall–Kier alpha value is -3.91. The Balaban J connectivity index is 1.64. The number of hydrazone groups is 1. The molecule has 0 spiro atoms. The quantitative estimate of drug-likeness (QED) is 0.457. The molecule has 3 aromatic carbocycles. The van der Waals surface area contributed by atoms with Crippen LogP contribution >= 0.6 is 0 Å². The van der Waals surface area contributed by atoms with Crippen molar-refractivity contribution in [3.63, 3.8) is 0 Å². The number of carbonyl (C=O) groups excluding carboxylic acids is 2. The lowest BCUT2D eigenvalue weighted by Gasteiger charge is -2.27. The second-order valence-corrected chi connectivity index (χ2v) is 8.63. The van der Waals surface area contributed by atoms with Gasteiger partial charge >= 0.3 is 0 Å². The van der Waals surface area contributed by atoms with Crippen LogP contribution < -0.4 is 0 Å². The van der Waals surface area contributed by atoms with Crippen molar-refractivity contribution < 1.29 is 23.1 Å². The fourth-order valence-electron chi connectivity index (χ4n) is 4.14. The molecule has 36 heavy (non-hydrogen) atoms. The normalized spacial score (nSPS) is 15.1. The van der Waals surface area contributed by atoms with Gasteiger partial charge in [0.1, 0.15) is 18.2 Å². The summed E-state index contributed by atoms with van der Waals surface area (Å²) in [7, 11) is 1.49. The highest BCUT2D eigenvalue weighted by Crippen LogP contribution is 2.33.